The maximum Gasteiger partial charge on any atom is 0.417 e. The van der Waals surface area contributed by atoms with Gasteiger partial charge in [0.05, 0.1) is 0 Å². The van der Waals surface area contributed by atoms with Gasteiger partial charge in [-0.3, -0.25) is 14.9 Å². The molecule has 0 radical (unpaired) electrons. The summed E-state index contributed by atoms with van der Waals surface area (Å²) in [5, 5.41) is 8.05. The zero-order valence-electron chi connectivity index (χ0n) is 21.0. The second-order valence-corrected chi connectivity index (χ2v) is 8.34. The molecule has 192 valence electrons. The summed E-state index contributed by atoms with van der Waals surface area (Å²) in [5.74, 6) is 6.63. The van der Waals surface area contributed by atoms with E-state index in [1.165, 1.54) is 24.3 Å². The Balaban J connectivity index is 1.62. The summed E-state index contributed by atoms with van der Waals surface area (Å²) in [7, 11) is 0. The van der Waals surface area contributed by atoms with Crippen molar-refractivity contribution >= 4 is 35.0 Å². The van der Waals surface area contributed by atoms with Gasteiger partial charge >= 0.3 is 6.09 Å². The third-order valence-electron chi connectivity index (χ3n) is 5.49. The van der Waals surface area contributed by atoms with Gasteiger partial charge in [-0.25, -0.2) is 4.79 Å². The minimum absolute atomic E-state index is 0.0979. The van der Waals surface area contributed by atoms with Crippen molar-refractivity contribution in [3.8, 4) is 42.8 Å². The topological polar surface area (TPSA) is 96.5 Å². The number of carbonyl (C=O) groups is 3. The summed E-state index contributed by atoms with van der Waals surface area (Å²) in [6.45, 7) is 0. The Labute approximate surface area is 231 Å². The number of benzene rings is 4. The quantitative estimate of drug-likeness (QED) is 0.281. The minimum atomic E-state index is -0.846. The molecule has 0 fully saturated rings. The molecule has 7 heteroatoms. The lowest BCUT2D eigenvalue weighted by Gasteiger charge is -2.13. The zero-order chi connectivity index (χ0) is 28.5. The first-order valence-electron chi connectivity index (χ1n) is 11.8. The first kappa shape index (κ1) is 26.8. The number of rotatable bonds is 6. The van der Waals surface area contributed by atoms with Gasteiger partial charge in [-0.15, -0.1) is 19.3 Å². The van der Waals surface area contributed by atoms with Crippen LogP contribution in [0.3, 0.4) is 0 Å². The smallest absolute Gasteiger partial charge is 0.410 e. The van der Waals surface area contributed by atoms with Crippen molar-refractivity contribution in [2.24, 2.45) is 0 Å². The number of hydrogen-bond donors (Lipinski definition) is 3. The Hall–Kier alpha value is -6.23. The molecule has 4 aromatic carbocycles. The van der Waals surface area contributed by atoms with E-state index in [0.29, 0.717) is 28.1 Å². The van der Waals surface area contributed by atoms with Crippen molar-refractivity contribution in [2.75, 3.05) is 16.0 Å². The van der Waals surface area contributed by atoms with Crippen LogP contribution in [0, 0.1) is 37.0 Å². The molecule has 0 aromatic heterocycles. The second kappa shape index (κ2) is 12.3. The van der Waals surface area contributed by atoms with Crippen LogP contribution in [0.5, 0.6) is 5.75 Å². The summed E-state index contributed by atoms with van der Waals surface area (Å²) < 4.78 is 5.32. The Morgan fingerprint density at radius 1 is 0.550 bits per heavy atom. The number of nitrogens with one attached hydrogen (secondary N) is 3. The molecule has 0 saturated heterocycles. The molecular formula is C33H21N3O4. The Morgan fingerprint density at radius 3 is 1.52 bits per heavy atom. The van der Waals surface area contributed by atoms with Gasteiger partial charge in [0.1, 0.15) is 5.75 Å². The van der Waals surface area contributed by atoms with Crippen molar-refractivity contribution in [3.63, 3.8) is 0 Å². The maximum atomic E-state index is 13.2. The fourth-order valence-corrected chi connectivity index (χ4v) is 3.64. The average molecular weight is 524 g/mol. The first-order chi connectivity index (χ1) is 19.4. The molecule has 0 spiro atoms. The molecule has 40 heavy (non-hydrogen) atoms. The highest BCUT2D eigenvalue weighted by Crippen LogP contribution is 2.21. The van der Waals surface area contributed by atoms with E-state index in [9.17, 15) is 14.4 Å². The standard InChI is InChI=1S/C33H21N3O4/c1-4-22-10-7-13-27(16-22)34-31(37)25-19-26(32(38)35-28-14-8-11-23(5-2)17-28)21-29(20-25)36-33(39)40-30-15-9-12-24(6-3)18-30/h1-3,7-21H,(H,34,37)(H,35,38)(H,36,39). The number of hydrogen-bond acceptors (Lipinski definition) is 4. The van der Waals surface area contributed by atoms with Crippen LogP contribution in [0.1, 0.15) is 37.4 Å². The molecule has 0 aliphatic heterocycles. The number of terminal acetylenes is 3. The van der Waals surface area contributed by atoms with Gasteiger partial charge in [0.2, 0.25) is 0 Å². The Kier molecular flexibility index (Phi) is 8.28. The van der Waals surface area contributed by atoms with E-state index in [-0.39, 0.29) is 22.6 Å². The molecule has 4 rings (SSSR count). The summed E-state index contributed by atoms with van der Waals surface area (Å²) in [6, 6.07) is 24.1. The third-order valence-corrected chi connectivity index (χ3v) is 5.49. The average Bonchev–Trinajstić information content (AvgIpc) is 2.97. The van der Waals surface area contributed by atoms with E-state index < -0.39 is 17.9 Å². The van der Waals surface area contributed by atoms with E-state index in [2.05, 4.69) is 33.7 Å². The van der Waals surface area contributed by atoms with E-state index in [4.69, 9.17) is 24.0 Å². The second-order valence-electron chi connectivity index (χ2n) is 8.34. The highest BCUT2D eigenvalue weighted by molar-refractivity contribution is 6.10. The molecule has 0 heterocycles. The lowest BCUT2D eigenvalue weighted by atomic mass is 10.1. The van der Waals surface area contributed by atoms with Gasteiger partial charge in [0.25, 0.3) is 11.8 Å². The summed E-state index contributed by atoms with van der Waals surface area (Å²) >= 11 is 0. The largest absolute Gasteiger partial charge is 0.417 e. The lowest BCUT2D eigenvalue weighted by Crippen LogP contribution is -2.20. The fourth-order valence-electron chi connectivity index (χ4n) is 3.64. The van der Waals surface area contributed by atoms with Crippen LogP contribution >= 0.6 is 0 Å². The van der Waals surface area contributed by atoms with Gasteiger partial charge in [0, 0.05) is 44.9 Å². The van der Waals surface area contributed by atoms with E-state index >= 15 is 0 Å². The monoisotopic (exact) mass is 523 g/mol. The predicted molar refractivity (Wildman–Crippen MR) is 155 cm³/mol. The summed E-state index contributed by atoms with van der Waals surface area (Å²) in [6.07, 6.45) is 15.5. The highest BCUT2D eigenvalue weighted by Gasteiger charge is 2.16. The number of carbonyl (C=O) groups excluding carboxylic acids is 3. The van der Waals surface area contributed by atoms with Gasteiger partial charge in [-0.05, 0) is 72.8 Å². The van der Waals surface area contributed by atoms with Crippen molar-refractivity contribution in [2.45, 2.75) is 0 Å². The first-order valence-corrected chi connectivity index (χ1v) is 11.8. The third kappa shape index (κ3) is 6.95. The molecule has 0 saturated carbocycles. The Bertz CT molecular complexity index is 1660. The van der Waals surface area contributed by atoms with Crippen LogP contribution in [-0.4, -0.2) is 17.9 Å². The normalized spacial score (nSPS) is 9.72. The molecule has 4 aromatic rings. The summed E-state index contributed by atoms with van der Waals surface area (Å²) in [4.78, 5) is 38.9. The van der Waals surface area contributed by atoms with Crippen molar-refractivity contribution in [3.05, 3.63) is 119 Å². The van der Waals surface area contributed by atoms with Gasteiger partial charge in [0.15, 0.2) is 0 Å². The van der Waals surface area contributed by atoms with Crippen molar-refractivity contribution in [1.29, 1.82) is 0 Å². The molecule has 0 aliphatic carbocycles. The highest BCUT2D eigenvalue weighted by atomic mass is 16.6. The molecule has 3 amide bonds. The molecule has 0 aliphatic rings. The van der Waals surface area contributed by atoms with Crippen molar-refractivity contribution in [1.82, 2.24) is 0 Å². The van der Waals surface area contributed by atoms with E-state index in [0.717, 1.165) is 0 Å². The molecule has 7 nitrogen and oxygen atoms in total. The number of amides is 3. The van der Waals surface area contributed by atoms with Crippen LogP contribution in [0.15, 0.2) is 91.0 Å². The molecule has 3 N–H and O–H groups in total. The Morgan fingerprint density at radius 2 is 1.02 bits per heavy atom. The maximum absolute atomic E-state index is 13.2. The van der Waals surface area contributed by atoms with E-state index in [1.807, 2.05) is 0 Å². The van der Waals surface area contributed by atoms with Crippen LogP contribution in [0.25, 0.3) is 0 Å². The van der Waals surface area contributed by atoms with Crippen LogP contribution in [0.2, 0.25) is 0 Å². The van der Waals surface area contributed by atoms with Crippen LogP contribution in [0.4, 0.5) is 21.9 Å². The van der Waals surface area contributed by atoms with Gasteiger partial charge in [-0.1, -0.05) is 36.0 Å². The lowest BCUT2D eigenvalue weighted by molar-refractivity contribution is 0.102. The van der Waals surface area contributed by atoms with Crippen molar-refractivity contribution < 1.29 is 19.1 Å². The predicted octanol–water partition coefficient (Wildman–Crippen LogP) is 5.75. The van der Waals surface area contributed by atoms with Gasteiger partial charge in [-0.2, -0.15) is 0 Å². The summed E-state index contributed by atoms with van der Waals surface area (Å²) in [5.41, 5.74) is 2.96. The van der Waals surface area contributed by atoms with Crippen LogP contribution < -0.4 is 20.7 Å². The number of ether oxygens (including phenoxy) is 1. The SMILES string of the molecule is C#Cc1cccc(NC(=O)c2cc(NC(=O)Oc3cccc(C#C)c3)cc(C(=O)Nc3cccc(C#C)c3)c2)c1. The molecular weight excluding hydrogens is 502 g/mol. The molecule has 0 bridgehead atoms. The van der Waals surface area contributed by atoms with Gasteiger partial charge < -0.3 is 15.4 Å². The minimum Gasteiger partial charge on any atom is -0.410 e. The van der Waals surface area contributed by atoms with Crippen LogP contribution in [-0.2, 0) is 0 Å². The fraction of sp³-hybridized carbons (Fsp3) is 0. The molecule has 0 atom stereocenters. The molecule has 0 unspecified atom stereocenters. The number of anilines is 3. The zero-order valence-corrected chi connectivity index (χ0v) is 21.0. The van der Waals surface area contributed by atoms with E-state index in [1.54, 1.807) is 66.7 Å².